The third kappa shape index (κ3) is 1.96. The Morgan fingerprint density at radius 3 is 1.81 bits per heavy atom. The number of carbonyl (C=O) groups excluding carboxylic acids is 2. The molecule has 1 aliphatic heterocycles. The summed E-state index contributed by atoms with van der Waals surface area (Å²) in [4.78, 5) is 23.5. The summed E-state index contributed by atoms with van der Waals surface area (Å²) in [6.07, 6.45) is 0.591. The van der Waals surface area contributed by atoms with Gasteiger partial charge < -0.3 is 4.43 Å². The number of hydrogen-bond acceptors (Lipinski definition) is 3. The van der Waals surface area contributed by atoms with Crippen LogP contribution in [0.2, 0.25) is 32.2 Å². The van der Waals surface area contributed by atoms with E-state index in [2.05, 4.69) is 26.2 Å². The van der Waals surface area contributed by atoms with Crippen molar-refractivity contribution in [2.75, 3.05) is 0 Å². The first-order valence-electron chi connectivity index (χ1n) is 5.77. The molecule has 1 rings (SSSR count). The van der Waals surface area contributed by atoms with Gasteiger partial charge in [-0.05, 0) is 33.4 Å². The van der Waals surface area contributed by atoms with Crippen molar-refractivity contribution in [3.05, 3.63) is 0 Å². The van der Waals surface area contributed by atoms with Crippen molar-refractivity contribution in [2.45, 2.75) is 58.1 Å². The summed E-state index contributed by atoms with van der Waals surface area (Å²) in [7, 11) is -3.27. The number of ketones is 2. The maximum absolute atomic E-state index is 11.8. The van der Waals surface area contributed by atoms with E-state index in [9.17, 15) is 9.59 Å². The Morgan fingerprint density at radius 1 is 1.06 bits per heavy atom. The molecule has 1 aliphatic rings. The highest BCUT2D eigenvalue weighted by Gasteiger charge is 2.56. The molecule has 0 radical (unpaired) electrons. The van der Waals surface area contributed by atoms with Crippen LogP contribution >= 0.6 is 0 Å². The topological polar surface area (TPSA) is 43.4 Å². The molecule has 1 saturated heterocycles. The van der Waals surface area contributed by atoms with E-state index >= 15 is 0 Å². The number of hydrogen-bond donors (Lipinski definition) is 0. The summed E-state index contributed by atoms with van der Waals surface area (Å²) in [5, 5.41) is 0. The van der Waals surface area contributed by atoms with Gasteiger partial charge in [0.1, 0.15) is 0 Å². The van der Waals surface area contributed by atoms with Gasteiger partial charge >= 0.3 is 0 Å². The van der Waals surface area contributed by atoms with Crippen molar-refractivity contribution < 1.29 is 14.0 Å². The van der Waals surface area contributed by atoms with Crippen LogP contribution in [-0.4, -0.2) is 32.6 Å². The summed E-state index contributed by atoms with van der Waals surface area (Å²) in [6.45, 7) is 11.9. The molecule has 0 spiro atoms. The number of carbonyl (C=O) groups is 2. The molecule has 0 N–H and O–H groups in total. The molecular formula is C11H22O3Si2. The average molecular weight is 258 g/mol. The smallest absolute Gasteiger partial charge is 0.175 e. The zero-order valence-electron chi connectivity index (χ0n) is 11.1. The van der Waals surface area contributed by atoms with E-state index in [4.69, 9.17) is 4.43 Å². The van der Waals surface area contributed by atoms with E-state index in [0.717, 1.165) is 6.04 Å². The predicted molar refractivity (Wildman–Crippen MR) is 69.6 cm³/mol. The van der Waals surface area contributed by atoms with Crippen molar-refractivity contribution >= 4 is 27.0 Å². The molecule has 0 aromatic carbocycles. The van der Waals surface area contributed by atoms with Gasteiger partial charge in [-0.3, -0.25) is 9.59 Å². The van der Waals surface area contributed by atoms with E-state index in [1.165, 1.54) is 13.8 Å². The van der Waals surface area contributed by atoms with Gasteiger partial charge in [-0.15, -0.1) is 0 Å². The monoisotopic (exact) mass is 258 g/mol. The van der Waals surface area contributed by atoms with Gasteiger partial charge in [0.15, 0.2) is 25.0 Å². The minimum absolute atomic E-state index is 0.120. The summed E-state index contributed by atoms with van der Waals surface area (Å²) in [6, 6.07) is 1.02. The summed E-state index contributed by atoms with van der Waals surface area (Å²) in [5.41, 5.74) is -1.11. The van der Waals surface area contributed by atoms with Crippen LogP contribution in [0.1, 0.15) is 20.3 Å². The van der Waals surface area contributed by atoms with Crippen molar-refractivity contribution in [1.82, 2.24) is 0 Å². The molecule has 0 bridgehead atoms. The fourth-order valence-corrected chi connectivity index (χ4v) is 8.81. The predicted octanol–water partition coefficient (Wildman–Crippen LogP) is 2.32. The second-order valence-corrected chi connectivity index (χ2v) is 21.1. The summed E-state index contributed by atoms with van der Waals surface area (Å²) >= 11 is 0. The van der Waals surface area contributed by atoms with Crippen molar-refractivity contribution in [1.29, 1.82) is 0 Å². The van der Waals surface area contributed by atoms with E-state index in [0.29, 0.717) is 6.42 Å². The molecule has 0 atom stereocenters. The zero-order chi connectivity index (χ0) is 12.8. The third-order valence-electron chi connectivity index (χ3n) is 4.30. The Balaban J connectivity index is 3.13. The van der Waals surface area contributed by atoms with Gasteiger partial charge in [0.2, 0.25) is 0 Å². The lowest BCUT2D eigenvalue weighted by atomic mass is 9.92. The van der Waals surface area contributed by atoms with Crippen LogP contribution in [0.3, 0.4) is 0 Å². The quantitative estimate of drug-likeness (QED) is 0.564. The normalized spacial score (nSPS) is 26.1. The van der Waals surface area contributed by atoms with Gasteiger partial charge in [0, 0.05) is 0 Å². The maximum atomic E-state index is 11.8. The molecule has 0 aliphatic carbocycles. The van der Waals surface area contributed by atoms with Crippen LogP contribution in [0.5, 0.6) is 0 Å². The van der Waals surface area contributed by atoms with Crippen molar-refractivity contribution in [2.24, 2.45) is 0 Å². The first-order valence-corrected chi connectivity index (χ1v) is 12.9. The van der Waals surface area contributed by atoms with E-state index in [1.807, 2.05) is 0 Å². The van der Waals surface area contributed by atoms with Crippen LogP contribution < -0.4 is 0 Å². The maximum Gasteiger partial charge on any atom is 0.175 e. The van der Waals surface area contributed by atoms with Crippen LogP contribution in [0.25, 0.3) is 0 Å². The van der Waals surface area contributed by atoms with Gasteiger partial charge in [0.05, 0.1) is 7.59 Å². The average Bonchev–Trinajstić information content (AvgIpc) is 2.09. The molecule has 3 nitrogen and oxygen atoms in total. The van der Waals surface area contributed by atoms with E-state index in [-0.39, 0.29) is 11.6 Å². The lowest BCUT2D eigenvalue weighted by Gasteiger charge is -2.49. The first kappa shape index (κ1) is 13.8. The zero-order valence-corrected chi connectivity index (χ0v) is 13.1. The lowest BCUT2D eigenvalue weighted by molar-refractivity contribution is -0.146. The largest absolute Gasteiger partial charge is 0.402 e. The Bertz CT molecular complexity index is 320. The van der Waals surface area contributed by atoms with Gasteiger partial charge in [-0.1, -0.05) is 19.1 Å². The molecule has 1 fully saturated rings. The van der Waals surface area contributed by atoms with Crippen molar-refractivity contribution in [3.8, 4) is 0 Å². The highest BCUT2D eigenvalue weighted by atomic mass is 29.3. The molecule has 1 heterocycles. The molecule has 0 amide bonds. The van der Waals surface area contributed by atoms with Gasteiger partial charge in [-0.2, -0.15) is 0 Å². The second kappa shape index (κ2) is 3.89. The Kier molecular flexibility index (Phi) is 3.35. The number of rotatable bonds is 2. The van der Waals surface area contributed by atoms with Crippen LogP contribution in [0.15, 0.2) is 0 Å². The molecule has 5 heteroatoms. The third-order valence-corrected chi connectivity index (χ3v) is 20.8. The minimum atomic E-state index is -1.88. The second-order valence-electron chi connectivity index (χ2n) is 5.94. The van der Waals surface area contributed by atoms with Gasteiger partial charge in [0.25, 0.3) is 0 Å². The highest BCUT2D eigenvalue weighted by molar-refractivity contribution is 7.38. The van der Waals surface area contributed by atoms with Gasteiger partial charge in [-0.25, -0.2) is 0 Å². The van der Waals surface area contributed by atoms with E-state index in [1.54, 1.807) is 0 Å². The lowest BCUT2D eigenvalue weighted by Crippen LogP contribution is -2.68. The van der Waals surface area contributed by atoms with Crippen LogP contribution in [0, 0.1) is 0 Å². The Morgan fingerprint density at radius 2 is 1.50 bits per heavy atom. The first-order chi connectivity index (χ1) is 7.05. The molecule has 92 valence electrons. The summed E-state index contributed by atoms with van der Waals surface area (Å²) in [5.74, 6) is -0.241. The Hall–Kier alpha value is -0.266. The fourth-order valence-electron chi connectivity index (χ4n) is 2.16. The van der Waals surface area contributed by atoms with Crippen LogP contribution in [-0.2, 0) is 14.0 Å². The standard InChI is InChI=1S/C11H22O3Si2/c1-9(12)11(10(2)13)7-8-15(3,4)16(5,6)14-11/h7-8H2,1-6H3. The molecule has 0 aromatic rings. The molecule has 0 aromatic heterocycles. The Labute approximate surface area is 99.5 Å². The van der Waals surface area contributed by atoms with Crippen molar-refractivity contribution in [3.63, 3.8) is 0 Å². The molecule has 16 heavy (non-hydrogen) atoms. The molecule has 0 saturated carbocycles. The summed E-state index contributed by atoms with van der Waals surface area (Å²) < 4.78 is 6.10. The fraction of sp³-hybridized carbons (Fsp3) is 0.818. The highest BCUT2D eigenvalue weighted by Crippen LogP contribution is 2.39. The SMILES string of the molecule is CC(=O)C1(C(C)=O)CC[Si](C)(C)[Si](C)(C)O1. The molecular weight excluding hydrogens is 236 g/mol. The minimum Gasteiger partial charge on any atom is -0.402 e. The van der Waals surface area contributed by atoms with E-state index < -0.39 is 21.0 Å². The number of Topliss-reactive ketones (excluding diaryl/α,β-unsaturated/α-hetero) is 2. The molecule has 0 unspecified atom stereocenters. The van der Waals surface area contributed by atoms with Crippen LogP contribution in [0.4, 0.5) is 0 Å².